The Morgan fingerprint density at radius 1 is 1.14 bits per heavy atom. The number of aliphatic hydroxyl groups is 2. The Morgan fingerprint density at radius 3 is 2.36 bits per heavy atom. The molecule has 0 radical (unpaired) electrons. The molecule has 2 amide bonds. The lowest BCUT2D eigenvalue weighted by atomic mass is 10.1. The SMILES string of the molecule is O=C1c2ccccc2C(=O)N1CO[C@@H]1C=C[C@H](O)[C@@H](CO)O1. The molecule has 1 aromatic carbocycles. The number of benzene rings is 1. The van der Waals surface area contributed by atoms with Crippen molar-refractivity contribution in [1.29, 1.82) is 0 Å². The third kappa shape index (κ3) is 2.55. The van der Waals surface area contributed by atoms with Crippen molar-refractivity contribution in [3.8, 4) is 0 Å². The maximum Gasteiger partial charge on any atom is 0.263 e. The number of carbonyl (C=O) groups excluding carboxylic acids is 2. The number of hydrogen-bond acceptors (Lipinski definition) is 6. The quantitative estimate of drug-likeness (QED) is 0.595. The van der Waals surface area contributed by atoms with Crippen molar-refractivity contribution in [3.05, 3.63) is 47.5 Å². The number of ether oxygens (including phenoxy) is 2. The number of imide groups is 1. The molecule has 3 rings (SSSR count). The zero-order valence-corrected chi connectivity index (χ0v) is 11.6. The Bertz CT molecular complexity index is 593. The van der Waals surface area contributed by atoms with Gasteiger partial charge in [0.15, 0.2) is 6.29 Å². The molecule has 0 fully saturated rings. The average molecular weight is 305 g/mol. The molecule has 0 aliphatic carbocycles. The van der Waals surface area contributed by atoms with Gasteiger partial charge in [-0.2, -0.15) is 0 Å². The maximum atomic E-state index is 12.1. The van der Waals surface area contributed by atoms with Crippen molar-refractivity contribution in [2.75, 3.05) is 13.3 Å². The fourth-order valence-electron chi connectivity index (χ4n) is 2.38. The van der Waals surface area contributed by atoms with Gasteiger partial charge in [-0.25, -0.2) is 4.90 Å². The zero-order valence-electron chi connectivity index (χ0n) is 11.6. The summed E-state index contributed by atoms with van der Waals surface area (Å²) < 4.78 is 10.7. The second kappa shape index (κ2) is 5.98. The molecular formula is C15H15NO6. The number of carbonyl (C=O) groups is 2. The van der Waals surface area contributed by atoms with E-state index in [1.807, 2.05) is 0 Å². The van der Waals surface area contributed by atoms with E-state index in [0.717, 1.165) is 4.90 Å². The Morgan fingerprint density at radius 2 is 1.77 bits per heavy atom. The molecular weight excluding hydrogens is 290 g/mol. The zero-order chi connectivity index (χ0) is 15.7. The smallest absolute Gasteiger partial charge is 0.263 e. The predicted octanol–water partition coefficient (Wildman–Crippen LogP) is -0.109. The first-order valence-electron chi connectivity index (χ1n) is 6.81. The number of hydrogen-bond donors (Lipinski definition) is 2. The van der Waals surface area contributed by atoms with Gasteiger partial charge in [0.1, 0.15) is 18.9 Å². The number of fused-ring (bicyclic) bond motifs is 1. The van der Waals surface area contributed by atoms with Crippen LogP contribution in [0.2, 0.25) is 0 Å². The van der Waals surface area contributed by atoms with Crippen molar-refractivity contribution in [2.45, 2.75) is 18.5 Å². The van der Waals surface area contributed by atoms with Crippen LogP contribution in [0.4, 0.5) is 0 Å². The summed E-state index contributed by atoms with van der Waals surface area (Å²) in [6.07, 6.45) is 0.359. The van der Waals surface area contributed by atoms with Crippen LogP contribution in [0, 0.1) is 0 Å². The summed E-state index contributed by atoms with van der Waals surface area (Å²) in [4.78, 5) is 25.3. The highest BCUT2D eigenvalue weighted by Gasteiger charge is 2.36. The molecule has 0 unspecified atom stereocenters. The van der Waals surface area contributed by atoms with E-state index in [4.69, 9.17) is 14.6 Å². The molecule has 116 valence electrons. The molecule has 0 saturated heterocycles. The molecule has 2 heterocycles. The Balaban J connectivity index is 1.65. The Labute approximate surface area is 126 Å². The van der Waals surface area contributed by atoms with Crippen LogP contribution in [0.15, 0.2) is 36.4 Å². The van der Waals surface area contributed by atoms with Gasteiger partial charge < -0.3 is 19.7 Å². The molecule has 0 aromatic heterocycles. The highest BCUT2D eigenvalue weighted by atomic mass is 16.7. The van der Waals surface area contributed by atoms with Crippen LogP contribution in [0.5, 0.6) is 0 Å². The highest BCUT2D eigenvalue weighted by molar-refractivity contribution is 6.21. The van der Waals surface area contributed by atoms with E-state index in [-0.39, 0.29) is 13.3 Å². The standard InChI is InChI=1S/C15H15NO6/c17-7-12-11(18)5-6-13(22-12)21-8-16-14(19)9-3-1-2-4-10(9)15(16)20/h1-6,11-13,17-18H,7-8H2/t11-,12+,13-/m0/s1. The third-order valence-corrected chi connectivity index (χ3v) is 3.58. The van der Waals surface area contributed by atoms with Crippen LogP contribution in [0.25, 0.3) is 0 Å². The molecule has 22 heavy (non-hydrogen) atoms. The number of amides is 2. The molecule has 7 nitrogen and oxygen atoms in total. The molecule has 2 aliphatic rings. The van der Waals surface area contributed by atoms with Crippen LogP contribution in [-0.4, -0.2) is 58.8 Å². The molecule has 3 atom stereocenters. The predicted molar refractivity (Wildman–Crippen MR) is 73.8 cm³/mol. The lowest BCUT2D eigenvalue weighted by Crippen LogP contribution is -2.41. The van der Waals surface area contributed by atoms with E-state index >= 15 is 0 Å². The number of rotatable bonds is 4. The first kappa shape index (κ1) is 14.9. The van der Waals surface area contributed by atoms with Crippen LogP contribution >= 0.6 is 0 Å². The summed E-state index contributed by atoms with van der Waals surface area (Å²) in [5.41, 5.74) is 0.694. The van der Waals surface area contributed by atoms with Crippen molar-refractivity contribution in [3.63, 3.8) is 0 Å². The minimum Gasteiger partial charge on any atom is -0.394 e. The van der Waals surface area contributed by atoms with Gasteiger partial charge in [-0.1, -0.05) is 18.2 Å². The monoisotopic (exact) mass is 305 g/mol. The summed E-state index contributed by atoms with van der Waals surface area (Å²) in [6.45, 7) is -0.631. The van der Waals surface area contributed by atoms with E-state index in [1.54, 1.807) is 24.3 Å². The molecule has 0 spiro atoms. The normalized spacial score (nSPS) is 27.4. The van der Waals surface area contributed by atoms with E-state index < -0.39 is 30.3 Å². The van der Waals surface area contributed by atoms with Crippen molar-refractivity contribution in [1.82, 2.24) is 4.90 Å². The number of nitrogens with zero attached hydrogens (tertiary/aromatic N) is 1. The van der Waals surface area contributed by atoms with E-state index in [0.29, 0.717) is 11.1 Å². The molecule has 0 saturated carbocycles. The lowest BCUT2D eigenvalue weighted by molar-refractivity contribution is -0.188. The molecule has 2 aliphatic heterocycles. The Kier molecular flexibility index (Phi) is 4.04. The van der Waals surface area contributed by atoms with Crippen LogP contribution in [0.3, 0.4) is 0 Å². The summed E-state index contributed by atoms with van der Waals surface area (Å²) in [5.74, 6) is -0.835. The fourth-order valence-corrected chi connectivity index (χ4v) is 2.38. The van der Waals surface area contributed by atoms with Gasteiger partial charge in [-0.05, 0) is 18.2 Å². The van der Waals surface area contributed by atoms with Crippen molar-refractivity contribution < 1.29 is 29.3 Å². The van der Waals surface area contributed by atoms with E-state index in [1.165, 1.54) is 12.2 Å². The maximum absolute atomic E-state index is 12.1. The summed E-state index contributed by atoms with van der Waals surface area (Å²) in [6, 6.07) is 6.55. The summed E-state index contributed by atoms with van der Waals surface area (Å²) >= 11 is 0. The van der Waals surface area contributed by atoms with Gasteiger partial charge in [0, 0.05) is 0 Å². The largest absolute Gasteiger partial charge is 0.394 e. The first-order valence-corrected chi connectivity index (χ1v) is 6.81. The van der Waals surface area contributed by atoms with Gasteiger partial charge in [0.25, 0.3) is 11.8 Å². The van der Waals surface area contributed by atoms with Crippen LogP contribution in [0.1, 0.15) is 20.7 Å². The van der Waals surface area contributed by atoms with Gasteiger partial charge in [-0.15, -0.1) is 0 Å². The van der Waals surface area contributed by atoms with Crippen LogP contribution < -0.4 is 0 Å². The third-order valence-electron chi connectivity index (χ3n) is 3.58. The first-order chi connectivity index (χ1) is 10.6. The molecule has 7 heteroatoms. The summed E-state index contributed by atoms with van der Waals surface area (Å²) in [7, 11) is 0. The minimum absolute atomic E-state index is 0.268. The lowest BCUT2D eigenvalue weighted by Gasteiger charge is -2.29. The second-order valence-corrected chi connectivity index (χ2v) is 4.98. The second-order valence-electron chi connectivity index (χ2n) is 4.98. The average Bonchev–Trinajstić information content (AvgIpc) is 2.79. The highest BCUT2D eigenvalue weighted by Crippen LogP contribution is 2.23. The fraction of sp³-hybridized carbons (Fsp3) is 0.333. The van der Waals surface area contributed by atoms with Crippen molar-refractivity contribution in [2.24, 2.45) is 0 Å². The molecule has 1 aromatic rings. The van der Waals surface area contributed by atoms with E-state index in [9.17, 15) is 14.7 Å². The summed E-state index contributed by atoms with van der Waals surface area (Å²) in [5, 5.41) is 18.6. The molecule has 0 bridgehead atoms. The van der Waals surface area contributed by atoms with Gasteiger partial charge in [0.2, 0.25) is 0 Å². The Hall–Kier alpha value is -2.06. The minimum atomic E-state index is -0.913. The van der Waals surface area contributed by atoms with Gasteiger partial charge in [-0.3, -0.25) is 9.59 Å². The molecule has 2 N–H and O–H groups in total. The topological polar surface area (TPSA) is 96.3 Å². The van der Waals surface area contributed by atoms with E-state index in [2.05, 4.69) is 0 Å². The van der Waals surface area contributed by atoms with Crippen molar-refractivity contribution >= 4 is 11.8 Å². The van der Waals surface area contributed by atoms with Crippen LogP contribution in [-0.2, 0) is 9.47 Å². The number of aliphatic hydroxyl groups excluding tert-OH is 2. The van der Waals surface area contributed by atoms with Gasteiger partial charge >= 0.3 is 0 Å². The van der Waals surface area contributed by atoms with Gasteiger partial charge in [0.05, 0.1) is 17.7 Å².